The third-order valence-corrected chi connectivity index (χ3v) is 6.09. The number of nitrogens with zero attached hydrogens (tertiary/aromatic N) is 3. The Morgan fingerprint density at radius 1 is 1.26 bits per heavy atom. The first-order valence-corrected chi connectivity index (χ1v) is 9.35. The second-order valence-corrected chi connectivity index (χ2v) is 8.04. The van der Waals surface area contributed by atoms with Crippen LogP contribution in [0.3, 0.4) is 0 Å². The van der Waals surface area contributed by atoms with E-state index in [1.54, 1.807) is 6.07 Å². The Kier molecular flexibility index (Phi) is 4.66. The highest BCUT2D eigenvalue weighted by atomic mass is 32.2. The second kappa shape index (κ2) is 6.87. The average molecular weight is 330 g/mol. The first-order valence-electron chi connectivity index (χ1n) is 7.49. The molecular weight excluding hydrogens is 312 g/mol. The van der Waals surface area contributed by atoms with Gasteiger partial charge in [-0.2, -0.15) is 0 Å². The van der Waals surface area contributed by atoms with Gasteiger partial charge >= 0.3 is 0 Å². The van der Waals surface area contributed by atoms with Crippen LogP contribution in [0.15, 0.2) is 47.2 Å². The van der Waals surface area contributed by atoms with E-state index in [2.05, 4.69) is 19.6 Å². The third kappa shape index (κ3) is 4.13. The zero-order valence-corrected chi connectivity index (χ0v) is 13.5. The van der Waals surface area contributed by atoms with Crippen molar-refractivity contribution in [1.82, 2.24) is 9.97 Å². The van der Waals surface area contributed by atoms with E-state index in [4.69, 9.17) is 0 Å². The number of aromatic nitrogens is 2. The number of rotatable bonds is 4. The van der Waals surface area contributed by atoms with Gasteiger partial charge in [0.25, 0.3) is 5.91 Å². The molecule has 0 aliphatic carbocycles. The lowest BCUT2D eigenvalue weighted by Crippen LogP contribution is -2.13. The van der Waals surface area contributed by atoms with Gasteiger partial charge in [-0.05, 0) is 30.5 Å². The van der Waals surface area contributed by atoms with Crippen LogP contribution in [0.25, 0.3) is 0 Å². The van der Waals surface area contributed by atoms with Crippen molar-refractivity contribution in [3.8, 4) is 0 Å². The first kappa shape index (κ1) is 15.6. The molecule has 0 saturated carbocycles. The second-order valence-electron chi connectivity index (χ2n) is 5.42. The molecular formula is C16H18N4O2S. The molecule has 1 aromatic heterocycles. The molecule has 6 nitrogen and oxygen atoms in total. The number of amides is 1. The highest BCUT2D eigenvalue weighted by Crippen LogP contribution is 2.17. The molecule has 0 bridgehead atoms. The summed E-state index contributed by atoms with van der Waals surface area (Å²) in [6, 6.07) is 7.40. The van der Waals surface area contributed by atoms with Gasteiger partial charge in [0, 0.05) is 39.3 Å². The van der Waals surface area contributed by atoms with Gasteiger partial charge in [0.15, 0.2) is 0 Å². The van der Waals surface area contributed by atoms with Gasteiger partial charge in [-0.15, -0.1) is 0 Å². The highest BCUT2D eigenvalue weighted by Gasteiger charge is 2.15. The Hall–Kier alpha value is -2.28. The van der Waals surface area contributed by atoms with Gasteiger partial charge in [-0.1, -0.05) is 12.1 Å². The number of carbonyl (C=O) groups is 1. The fraction of sp³-hybridized carbons (Fsp3) is 0.312. The molecule has 2 aromatic rings. The predicted molar refractivity (Wildman–Crippen MR) is 89.7 cm³/mol. The Balaban J connectivity index is 1.70. The monoisotopic (exact) mass is 330 g/mol. The van der Waals surface area contributed by atoms with Gasteiger partial charge in [0.05, 0.1) is 12.7 Å². The van der Waals surface area contributed by atoms with Gasteiger partial charge in [-0.3, -0.25) is 9.78 Å². The molecule has 1 N–H and O–H groups in total. The largest absolute Gasteiger partial charge is 0.321 e. The zero-order chi connectivity index (χ0) is 16.1. The molecule has 1 aliphatic rings. The summed E-state index contributed by atoms with van der Waals surface area (Å²) in [6.07, 6.45) is 6.40. The molecule has 23 heavy (non-hydrogen) atoms. The van der Waals surface area contributed by atoms with Crippen LogP contribution < -0.4 is 5.32 Å². The normalized spacial score (nSPS) is 16.0. The molecule has 1 aliphatic heterocycles. The number of anilines is 1. The van der Waals surface area contributed by atoms with Gasteiger partial charge in [0.2, 0.25) is 0 Å². The fourth-order valence-corrected chi connectivity index (χ4v) is 4.59. The summed E-state index contributed by atoms with van der Waals surface area (Å²) in [5.74, 6) is 1.10. The Morgan fingerprint density at radius 3 is 2.83 bits per heavy atom. The van der Waals surface area contributed by atoms with Crippen molar-refractivity contribution in [1.29, 1.82) is 0 Å². The minimum atomic E-state index is -2.01. The topological polar surface area (TPSA) is 84.3 Å². The average Bonchev–Trinajstić information content (AvgIpc) is 3.01. The lowest BCUT2D eigenvalue weighted by Gasteiger charge is -2.06. The molecule has 1 saturated heterocycles. The molecule has 0 radical (unpaired) electrons. The van der Waals surface area contributed by atoms with Crippen LogP contribution in [-0.4, -0.2) is 31.6 Å². The summed E-state index contributed by atoms with van der Waals surface area (Å²) in [5, 5.41) is 2.78. The van der Waals surface area contributed by atoms with E-state index < -0.39 is 9.73 Å². The molecule has 1 fully saturated rings. The van der Waals surface area contributed by atoms with Crippen LogP contribution in [0.1, 0.15) is 28.9 Å². The Morgan fingerprint density at radius 2 is 2.09 bits per heavy atom. The quantitative estimate of drug-likeness (QED) is 0.933. The molecule has 2 heterocycles. The van der Waals surface area contributed by atoms with Crippen LogP contribution >= 0.6 is 0 Å². The van der Waals surface area contributed by atoms with Crippen molar-refractivity contribution in [2.24, 2.45) is 4.36 Å². The molecule has 0 atom stereocenters. The summed E-state index contributed by atoms with van der Waals surface area (Å²) >= 11 is 0. The number of carbonyl (C=O) groups excluding carboxylic acids is 1. The molecule has 0 spiro atoms. The molecule has 3 rings (SSSR count). The van der Waals surface area contributed by atoms with Crippen LogP contribution in [0, 0.1) is 0 Å². The number of hydrogen-bond acceptors (Lipinski definition) is 5. The fourth-order valence-electron chi connectivity index (χ4n) is 2.44. The number of hydrogen-bond donors (Lipinski definition) is 1. The van der Waals surface area contributed by atoms with Crippen molar-refractivity contribution >= 4 is 21.3 Å². The van der Waals surface area contributed by atoms with E-state index >= 15 is 0 Å². The van der Waals surface area contributed by atoms with Crippen LogP contribution in [0.4, 0.5) is 5.69 Å². The maximum atomic E-state index is 12.4. The van der Waals surface area contributed by atoms with E-state index in [0.717, 1.165) is 18.4 Å². The van der Waals surface area contributed by atoms with Crippen molar-refractivity contribution in [2.45, 2.75) is 19.4 Å². The number of nitrogens with one attached hydrogen (secondary N) is 1. The summed E-state index contributed by atoms with van der Waals surface area (Å²) in [7, 11) is -2.01. The standard InChI is InChI=1S/C16H18N4O2S/c21-16(15-12-17-6-7-18-15)20-14-5-3-4-13(10-14)11-19-23(22)8-1-2-9-23/h3-7,10,12H,1-2,8-9,11H2,(H,20,21). The van der Waals surface area contributed by atoms with Crippen molar-refractivity contribution in [3.63, 3.8) is 0 Å². The summed E-state index contributed by atoms with van der Waals surface area (Å²) < 4.78 is 16.8. The molecule has 0 unspecified atom stereocenters. The first-order chi connectivity index (χ1) is 11.1. The Bertz CT molecular complexity index is 802. The molecule has 1 amide bonds. The molecule has 7 heteroatoms. The molecule has 120 valence electrons. The minimum absolute atomic E-state index is 0.261. The van der Waals surface area contributed by atoms with Crippen molar-refractivity contribution in [3.05, 3.63) is 54.1 Å². The SMILES string of the molecule is O=C(Nc1cccc(CN=S2(=O)CCCC2)c1)c1cnccn1. The van der Waals surface area contributed by atoms with Gasteiger partial charge in [0.1, 0.15) is 5.69 Å². The van der Waals surface area contributed by atoms with Gasteiger partial charge in [-0.25, -0.2) is 13.6 Å². The third-order valence-electron chi connectivity index (χ3n) is 3.64. The van der Waals surface area contributed by atoms with Crippen molar-refractivity contribution in [2.75, 3.05) is 16.8 Å². The maximum absolute atomic E-state index is 12.4. The van der Waals surface area contributed by atoms with E-state index in [1.165, 1.54) is 18.6 Å². The van der Waals surface area contributed by atoms with E-state index in [1.807, 2.05) is 18.2 Å². The van der Waals surface area contributed by atoms with Crippen LogP contribution in [0.2, 0.25) is 0 Å². The lowest BCUT2D eigenvalue weighted by atomic mass is 10.2. The van der Waals surface area contributed by atoms with Crippen molar-refractivity contribution < 1.29 is 9.00 Å². The predicted octanol–water partition coefficient (Wildman–Crippen LogP) is 2.49. The summed E-state index contributed by atoms with van der Waals surface area (Å²) in [4.78, 5) is 19.9. The minimum Gasteiger partial charge on any atom is -0.321 e. The maximum Gasteiger partial charge on any atom is 0.275 e. The lowest BCUT2D eigenvalue weighted by molar-refractivity contribution is 0.102. The zero-order valence-electron chi connectivity index (χ0n) is 12.6. The van der Waals surface area contributed by atoms with Crippen LogP contribution in [-0.2, 0) is 16.3 Å². The summed E-state index contributed by atoms with van der Waals surface area (Å²) in [5.41, 5.74) is 1.85. The Labute approximate surface area is 135 Å². The smallest absolute Gasteiger partial charge is 0.275 e. The van der Waals surface area contributed by atoms with E-state index in [-0.39, 0.29) is 11.6 Å². The van der Waals surface area contributed by atoms with Crippen LogP contribution in [0.5, 0.6) is 0 Å². The molecule has 1 aromatic carbocycles. The van der Waals surface area contributed by atoms with E-state index in [0.29, 0.717) is 23.7 Å². The van der Waals surface area contributed by atoms with Gasteiger partial charge < -0.3 is 5.32 Å². The van der Waals surface area contributed by atoms with E-state index in [9.17, 15) is 9.00 Å². The highest BCUT2D eigenvalue weighted by molar-refractivity contribution is 7.93. The summed E-state index contributed by atoms with van der Waals surface area (Å²) in [6.45, 7) is 0.410. The number of benzene rings is 1.